The number of hydrogen-bond acceptors (Lipinski definition) is 2. The molecule has 0 aliphatic carbocycles. The fourth-order valence-corrected chi connectivity index (χ4v) is 2.19. The van der Waals surface area contributed by atoms with E-state index in [9.17, 15) is 0 Å². The van der Waals surface area contributed by atoms with Crippen molar-refractivity contribution in [2.24, 2.45) is 5.73 Å². The third-order valence-electron chi connectivity index (χ3n) is 2.74. The smallest absolute Gasteiger partial charge is 0.138 e. The van der Waals surface area contributed by atoms with Crippen LogP contribution in [0.1, 0.15) is 11.1 Å². The number of nitrogens with two attached hydrogens (primary N) is 1. The first kappa shape index (κ1) is 14.2. The zero-order valence-electron chi connectivity index (χ0n) is 10.4. The van der Waals surface area contributed by atoms with Crippen LogP contribution in [0.3, 0.4) is 0 Å². The average molecular weight is 296 g/mol. The van der Waals surface area contributed by atoms with E-state index in [2.05, 4.69) is 12.1 Å². The van der Waals surface area contributed by atoms with E-state index in [0.717, 1.165) is 12.0 Å². The Morgan fingerprint density at radius 2 is 1.63 bits per heavy atom. The fourth-order valence-electron chi connectivity index (χ4n) is 1.72. The molecule has 0 radical (unpaired) electrons. The van der Waals surface area contributed by atoms with Crippen LogP contribution in [-0.4, -0.2) is 6.54 Å². The molecule has 0 unspecified atom stereocenters. The van der Waals surface area contributed by atoms with Gasteiger partial charge in [0.2, 0.25) is 0 Å². The van der Waals surface area contributed by atoms with E-state index >= 15 is 0 Å². The summed E-state index contributed by atoms with van der Waals surface area (Å²) in [7, 11) is 0. The molecule has 2 aromatic carbocycles. The highest BCUT2D eigenvalue weighted by Gasteiger charge is 2.03. The lowest BCUT2D eigenvalue weighted by Crippen LogP contribution is -2.03. The van der Waals surface area contributed by atoms with Crippen LogP contribution in [0, 0.1) is 0 Å². The number of rotatable bonds is 5. The Hall–Kier alpha value is -1.22. The van der Waals surface area contributed by atoms with Crippen LogP contribution < -0.4 is 10.5 Å². The molecular formula is C15H15Cl2NO. The molecule has 0 aromatic heterocycles. The van der Waals surface area contributed by atoms with Gasteiger partial charge in [-0.25, -0.2) is 0 Å². The summed E-state index contributed by atoms with van der Waals surface area (Å²) in [6.07, 6.45) is 0.893. The lowest BCUT2D eigenvalue weighted by molar-refractivity contribution is 0.306. The minimum atomic E-state index is 0.476. The molecule has 0 bridgehead atoms. The van der Waals surface area contributed by atoms with Crippen LogP contribution in [-0.2, 0) is 13.0 Å². The quantitative estimate of drug-likeness (QED) is 0.902. The highest BCUT2D eigenvalue weighted by molar-refractivity contribution is 6.35. The van der Waals surface area contributed by atoms with Gasteiger partial charge in [0.1, 0.15) is 12.4 Å². The summed E-state index contributed by atoms with van der Waals surface area (Å²) in [4.78, 5) is 0. The second kappa shape index (κ2) is 6.80. The molecule has 0 amide bonds. The molecule has 0 saturated heterocycles. The highest BCUT2D eigenvalue weighted by Crippen LogP contribution is 2.28. The van der Waals surface area contributed by atoms with Gasteiger partial charge in [-0.3, -0.25) is 0 Å². The maximum atomic E-state index is 6.04. The van der Waals surface area contributed by atoms with Gasteiger partial charge >= 0.3 is 0 Å². The van der Waals surface area contributed by atoms with Gasteiger partial charge in [-0.05, 0) is 42.3 Å². The summed E-state index contributed by atoms with van der Waals surface area (Å²) in [5.74, 6) is 0.636. The molecule has 0 aliphatic heterocycles. The van der Waals surface area contributed by atoms with Crippen LogP contribution in [0.25, 0.3) is 0 Å². The Labute approximate surface area is 123 Å². The lowest BCUT2D eigenvalue weighted by Gasteiger charge is -2.09. The van der Waals surface area contributed by atoms with E-state index in [1.54, 1.807) is 18.2 Å². The SMILES string of the molecule is NCCc1ccc(COc2ccc(Cl)cc2Cl)cc1. The minimum absolute atomic E-state index is 0.476. The van der Waals surface area contributed by atoms with Crippen molar-refractivity contribution >= 4 is 23.2 Å². The molecule has 0 fully saturated rings. The summed E-state index contributed by atoms with van der Waals surface area (Å²) < 4.78 is 5.66. The van der Waals surface area contributed by atoms with Crippen molar-refractivity contribution in [2.75, 3.05) is 6.54 Å². The Morgan fingerprint density at radius 1 is 0.947 bits per heavy atom. The molecule has 0 saturated carbocycles. The van der Waals surface area contributed by atoms with Gasteiger partial charge in [0.15, 0.2) is 0 Å². The molecule has 2 nitrogen and oxygen atoms in total. The molecule has 2 rings (SSSR count). The summed E-state index contributed by atoms with van der Waals surface area (Å²) in [6, 6.07) is 13.4. The van der Waals surface area contributed by atoms with Gasteiger partial charge in [-0.15, -0.1) is 0 Å². The minimum Gasteiger partial charge on any atom is -0.487 e. The fraction of sp³-hybridized carbons (Fsp3) is 0.200. The van der Waals surface area contributed by atoms with Crippen molar-refractivity contribution < 1.29 is 4.74 Å². The van der Waals surface area contributed by atoms with Crippen LogP contribution in [0.5, 0.6) is 5.75 Å². The molecule has 4 heteroatoms. The summed E-state index contributed by atoms with van der Waals surface area (Å²) in [6.45, 7) is 1.14. The normalized spacial score (nSPS) is 10.5. The first-order chi connectivity index (χ1) is 9.19. The Bertz CT molecular complexity index is 540. The second-order valence-corrected chi connectivity index (χ2v) is 5.06. The van der Waals surface area contributed by atoms with Gasteiger partial charge in [0, 0.05) is 5.02 Å². The van der Waals surface area contributed by atoms with Crippen molar-refractivity contribution in [3.63, 3.8) is 0 Å². The largest absolute Gasteiger partial charge is 0.487 e. The molecule has 0 atom stereocenters. The van der Waals surface area contributed by atoms with Crippen molar-refractivity contribution in [1.29, 1.82) is 0 Å². The number of halogens is 2. The summed E-state index contributed by atoms with van der Waals surface area (Å²) >= 11 is 11.9. The molecule has 2 aromatic rings. The monoisotopic (exact) mass is 295 g/mol. The third kappa shape index (κ3) is 4.13. The van der Waals surface area contributed by atoms with Gasteiger partial charge in [0.25, 0.3) is 0 Å². The summed E-state index contributed by atoms with van der Waals surface area (Å²) in [5.41, 5.74) is 7.83. The van der Waals surface area contributed by atoms with E-state index in [1.165, 1.54) is 5.56 Å². The van der Waals surface area contributed by atoms with Crippen molar-refractivity contribution in [1.82, 2.24) is 0 Å². The predicted octanol–water partition coefficient (Wildman–Crippen LogP) is 4.07. The van der Waals surface area contributed by atoms with Gasteiger partial charge in [-0.1, -0.05) is 47.5 Å². The second-order valence-electron chi connectivity index (χ2n) is 4.22. The Kier molecular flexibility index (Phi) is 5.08. The maximum absolute atomic E-state index is 6.04. The highest BCUT2D eigenvalue weighted by atomic mass is 35.5. The van der Waals surface area contributed by atoms with Gasteiger partial charge in [0.05, 0.1) is 5.02 Å². The van der Waals surface area contributed by atoms with Gasteiger partial charge < -0.3 is 10.5 Å². The van der Waals surface area contributed by atoms with Crippen molar-refractivity contribution in [3.8, 4) is 5.75 Å². The average Bonchev–Trinajstić information content (AvgIpc) is 2.40. The van der Waals surface area contributed by atoms with Crippen molar-refractivity contribution in [3.05, 3.63) is 63.6 Å². The topological polar surface area (TPSA) is 35.2 Å². The molecular weight excluding hydrogens is 281 g/mol. The molecule has 0 spiro atoms. The number of ether oxygens (including phenoxy) is 1. The third-order valence-corrected chi connectivity index (χ3v) is 3.27. The maximum Gasteiger partial charge on any atom is 0.138 e. The van der Waals surface area contributed by atoms with Crippen LogP contribution in [0.4, 0.5) is 0 Å². The zero-order chi connectivity index (χ0) is 13.7. The van der Waals surface area contributed by atoms with E-state index in [4.69, 9.17) is 33.7 Å². The predicted molar refractivity (Wildman–Crippen MR) is 80.0 cm³/mol. The van der Waals surface area contributed by atoms with E-state index in [1.807, 2.05) is 12.1 Å². The van der Waals surface area contributed by atoms with Crippen molar-refractivity contribution in [2.45, 2.75) is 13.0 Å². The first-order valence-corrected chi connectivity index (χ1v) is 6.80. The number of benzene rings is 2. The van der Waals surface area contributed by atoms with E-state index in [-0.39, 0.29) is 0 Å². The van der Waals surface area contributed by atoms with Crippen LogP contribution >= 0.6 is 23.2 Å². The standard InChI is InChI=1S/C15H15Cl2NO/c16-13-5-6-15(14(17)9-13)19-10-12-3-1-11(2-4-12)7-8-18/h1-6,9H,7-8,10,18H2. The zero-order valence-corrected chi connectivity index (χ0v) is 11.9. The summed E-state index contributed by atoms with van der Waals surface area (Å²) in [5, 5.41) is 1.12. The van der Waals surface area contributed by atoms with E-state index in [0.29, 0.717) is 28.9 Å². The Balaban J connectivity index is 1.98. The van der Waals surface area contributed by atoms with E-state index < -0.39 is 0 Å². The molecule has 19 heavy (non-hydrogen) atoms. The molecule has 100 valence electrons. The Morgan fingerprint density at radius 3 is 2.26 bits per heavy atom. The molecule has 0 heterocycles. The molecule has 2 N–H and O–H groups in total. The lowest BCUT2D eigenvalue weighted by atomic mass is 10.1. The van der Waals surface area contributed by atoms with Crippen LogP contribution in [0.15, 0.2) is 42.5 Å². The first-order valence-electron chi connectivity index (χ1n) is 6.05. The van der Waals surface area contributed by atoms with Crippen LogP contribution in [0.2, 0.25) is 10.0 Å². The number of hydrogen-bond donors (Lipinski definition) is 1. The van der Waals surface area contributed by atoms with Gasteiger partial charge in [-0.2, -0.15) is 0 Å². The molecule has 0 aliphatic rings.